The second kappa shape index (κ2) is 7.62. The summed E-state index contributed by atoms with van der Waals surface area (Å²) in [6.07, 6.45) is 7.24. The monoisotopic (exact) mass is 352 g/mol. The molecule has 1 amide bonds. The second-order valence-corrected chi connectivity index (χ2v) is 7.75. The Bertz CT molecular complexity index is 755. The minimum atomic E-state index is 0.209. The van der Waals surface area contributed by atoms with Crippen LogP contribution in [0.25, 0.3) is 0 Å². The number of carbonyl (C=O) groups is 1. The van der Waals surface area contributed by atoms with Crippen molar-refractivity contribution in [3.8, 4) is 0 Å². The predicted molar refractivity (Wildman–Crippen MR) is 102 cm³/mol. The lowest BCUT2D eigenvalue weighted by Crippen LogP contribution is -2.39. The number of aryl methyl sites for hydroxylation is 1. The first-order valence-electron chi connectivity index (χ1n) is 9.78. The number of hydrogen-bond donors (Lipinski definition) is 1. The smallest absolute Gasteiger partial charge is 0.254 e. The number of rotatable bonds is 4. The maximum atomic E-state index is 13.1. The van der Waals surface area contributed by atoms with Crippen LogP contribution in [0.3, 0.4) is 0 Å². The summed E-state index contributed by atoms with van der Waals surface area (Å²) >= 11 is 0. The average molecular weight is 352 g/mol. The molecule has 5 heteroatoms. The van der Waals surface area contributed by atoms with Crippen molar-refractivity contribution in [2.75, 3.05) is 26.2 Å². The Morgan fingerprint density at radius 2 is 2.04 bits per heavy atom. The van der Waals surface area contributed by atoms with Gasteiger partial charge < -0.3 is 10.2 Å². The van der Waals surface area contributed by atoms with E-state index in [1.54, 1.807) is 0 Å². The molecule has 2 fully saturated rings. The van der Waals surface area contributed by atoms with Crippen molar-refractivity contribution >= 4 is 5.91 Å². The zero-order valence-electron chi connectivity index (χ0n) is 15.5. The largest absolute Gasteiger partial charge is 0.339 e. The number of benzene rings is 1. The molecule has 0 spiro atoms. The van der Waals surface area contributed by atoms with E-state index in [2.05, 4.69) is 35.7 Å². The quantitative estimate of drug-likeness (QED) is 0.920. The van der Waals surface area contributed by atoms with Crippen LogP contribution < -0.4 is 5.32 Å². The van der Waals surface area contributed by atoms with Gasteiger partial charge in [0.1, 0.15) is 0 Å². The molecule has 2 saturated heterocycles. The predicted octanol–water partition coefficient (Wildman–Crippen LogP) is 2.82. The number of piperidine rings is 1. The molecule has 0 saturated carbocycles. The first-order chi connectivity index (χ1) is 12.7. The SMILES string of the molecule is Cc1cnn(CC2CCN(C(=O)c3ccccc3[C@@H]3CCNC3)CC2)c1. The average Bonchev–Trinajstić information content (AvgIpc) is 3.34. The van der Waals surface area contributed by atoms with E-state index in [9.17, 15) is 4.79 Å². The zero-order chi connectivity index (χ0) is 17.9. The lowest BCUT2D eigenvalue weighted by molar-refractivity contribution is 0.0679. The summed E-state index contributed by atoms with van der Waals surface area (Å²) in [5.74, 6) is 1.28. The lowest BCUT2D eigenvalue weighted by Gasteiger charge is -2.32. The van der Waals surface area contributed by atoms with Crippen LogP contribution in [-0.2, 0) is 6.54 Å². The van der Waals surface area contributed by atoms with Crippen LogP contribution in [0.1, 0.15) is 46.7 Å². The molecule has 1 atom stereocenters. The molecule has 5 nitrogen and oxygen atoms in total. The molecule has 26 heavy (non-hydrogen) atoms. The molecule has 2 aliphatic rings. The van der Waals surface area contributed by atoms with Crippen molar-refractivity contribution in [1.82, 2.24) is 20.0 Å². The Hall–Kier alpha value is -2.14. The molecule has 138 valence electrons. The molecular formula is C21H28N4O. The first kappa shape index (κ1) is 17.3. The van der Waals surface area contributed by atoms with Gasteiger partial charge in [-0.1, -0.05) is 18.2 Å². The Morgan fingerprint density at radius 1 is 1.23 bits per heavy atom. The number of nitrogens with one attached hydrogen (secondary N) is 1. The number of likely N-dealkylation sites (tertiary alicyclic amines) is 1. The van der Waals surface area contributed by atoms with E-state index in [0.29, 0.717) is 11.8 Å². The van der Waals surface area contributed by atoms with Crippen LogP contribution in [0.4, 0.5) is 0 Å². The highest BCUT2D eigenvalue weighted by atomic mass is 16.2. The summed E-state index contributed by atoms with van der Waals surface area (Å²) < 4.78 is 2.04. The zero-order valence-corrected chi connectivity index (χ0v) is 15.5. The Morgan fingerprint density at radius 3 is 2.73 bits per heavy atom. The summed E-state index contributed by atoms with van der Waals surface area (Å²) in [5, 5.41) is 7.81. The fraction of sp³-hybridized carbons (Fsp3) is 0.524. The van der Waals surface area contributed by atoms with Crippen LogP contribution >= 0.6 is 0 Å². The van der Waals surface area contributed by atoms with Crippen LogP contribution in [0.15, 0.2) is 36.7 Å². The molecule has 0 unspecified atom stereocenters. The summed E-state index contributed by atoms with van der Waals surface area (Å²) in [6, 6.07) is 8.20. The fourth-order valence-electron chi connectivity index (χ4n) is 4.29. The van der Waals surface area contributed by atoms with Gasteiger partial charge in [-0.25, -0.2) is 0 Å². The van der Waals surface area contributed by atoms with Gasteiger partial charge in [0, 0.05) is 37.9 Å². The maximum absolute atomic E-state index is 13.1. The molecule has 2 aromatic rings. The first-order valence-corrected chi connectivity index (χ1v) is 9.78. The van der Waals surface area contributed by atoms with E-state index in [1.807, 2.05) is 27.9 Å². The highest BCUT2D eigenvalue weighted by molar-refractivity contribution is 5.96. The Balaban J connectivity index is 1.39. The summed E-state index contributed by atoms with van der Waals surface area (Å²) in [7, 11) is 0. The van der Waals surface area contributed by atoms with Gasteiger partial charge in [-0.2, -0.15) is 5.10 Å². The van der Waals surface area contributed by atoms with Crippen LogP contribution in [0, 0.1) is 12.8 Å². The van der Waals surface area contributed by atoms with Gasteiger partial charge in [0.15, 0.2) is 0 Å². The molecule has 3 heterocycles. The van der Waals surface area contributed by atoms with Gasteiger partial charge in [-0.15, -0.1) is 0 Å². The molecule has 0 radical (unpaired) electrons. The third-order valence-electron chi connectivity index (χ3n) is 5.80. The molecule has 1 N–H and O–H groups in total. The van der Waals surface area contributed by atoms with Gasteiger partial charge in [0.2, 0.25) is 0 Å². The van der Waals surface area contributed by atoms with Crippen LogP contribution in [0.2, 0.25) is 0 Å². The number of amides is 1. The number of carbonyl (C=O) groups excluding carboxylic acids is 1. The molecular weight excluding hydrogens is 324 g/mol. The van der Waals surface area contributed by atoms with Gasteiger partial charge in [0.25, 0.3) is 5.91 Å². The summed E-state index contributed by atoms with van der Waals surface area (Å²) in [6.45, 7) is 6.76. The van der Waals surface area contributed by atoms with E-state index in [4.69, 9.17) is 0 Å². The van der Waals surface area contributed by atoms with Gasteiger partial charge in [-0.3, -0.25) is 9.48 Å². The number of hydrogen-bond acceptors (Lipinski definition) is 3. The van der Waals surface area contributed by atoms with E-state index >= 15 is 0 Å². The standard InChI is InChI=1S/C21H28N4O/c1-16-12-23-25(14-16)15-17-7-10-24(11-8-17)21(26)20-5-3-2-4-19(20)18-6-9-22-13-18/h2-5,12,14,17-18,22H,6-11,13,15H2,1H3/t18-/m1/s1. The van der Waals surface area contributed by atoms with E-state index in [-0.39, 0.29) is 5.91 Å². The minimum Gasteiger partial charge on any atom is -0.339 e. The topological polar surface area (TPSA) is 50.2 Å². The van der Waals surface area contributed by atoms with Crippen molar-refractivity contribution in [3.63, 3.8) is 0 Å². The van der Waals surface area contributed by atoms with Gasteiger partial charge >= 0.3 is 0 Å². The van der Waals surface area contributed by atoms with E-state index in [0.717, 1.165) is 57.5 Å². The van der Waals surface area contributed by atoms with Crippen molar-refractivity contribution in [2.45, 2.75) is 38.6 Å². The van der Waals surface area contributed by atoms with Crippen molar-refractivity contribution < 1.29 is 4.79 Å². The fourth-order valence-corrected chi connectivity index (χ4v) is 4.29. The van der Waals surface area contributed by atoms with Gasteiger partial charge in [-0.05, 0) is 61.8 Å². The van der Waals surface area contributed by atoms with E-state index in [1.165, 1.54) is 11.1 Å². The third-order valence-corrected chi connectivity index (χ3v) is 5.80. The molecule has 0 bridgehead atoms. The second-order valence-electron chi connectivity index (χ2n) is 7.75. The molecule has 1 aromatic heterocycles. The number of aromatic nitrogens is 2. The highest BCUT2D eigenvalue weighted by Crippen LogP contribution is 2.28. The van der Waals surface area contributed by atoms with Crippen molar-refractivity contribution in [3.05, 3.63) is 53.3 Å². The highest BCUT2D eigenvalue weighted by Gasteiger charge is 2.27. The molecule has 1 aromatic carbocycles. The Labute approximate surface area is 155 Å². The minimum absolute atomic E-state index is 0.209. The van der Waals surface area contributed by atoms with Crippen LogP contribution in [0.5, 0.6) is 0 Å². The third kappa shape index (κ3) is 3.68. The van der Waals surface area contributed by atoms with Gasteiger partial charge in [0.05, 0.1) is 6.20 Å². The normalized spacial score (nSPS) is 21.3. The van der Waals surface area contributed by atoms with Crippen LogP contribution in [-0.4, -0.2) is 46.8 Å². The summed E-state index contributed by atoms with van der Waals surface area (Å²) in [5.41, 5.74) is 3.33. The Kier molecular flexibility index (Phi) is 5.07. The van der Waals surface area contributed by atoms with Crippen molar-refractivity contribution in [2.24, 2.45) is 5.92 Å². The number of nitrogens with zero attached hydrogens (tertiary/aromatic N) is 3. The summed E-state index contributed by atoms with van der Waals surface area (Å²) in [4.78, 5) is 15.2. The maximum Gasteiger partial charge on any atom is 0.254 e. The van der Waals surface area contributed by atoms with E-state index < -0.39 is 0 Å². The molecule has 4 rings (SSSR count). The lowest BCUT2D eigenvalue weighted by atomic mass is 9.91. The molecule has 2 aliphatic heterocycles. The molecule has 0 aliphatic carbocycles. The van der Waals surface area contributed by atoms with Crippen molar-refractivity contribution in [1.29, 1.82) is 0 Å².